The average molecular weight is 387 g/mol. The van der Waals surface area contributed by atoms with E-state index in [4.69, 9.17) is 9.84 Å². The van der Waals surface area contributed by atoms with Crippen LogP contribution >= 0.6 is 0 Å². The zero-order valence-electron chi connectivity index (χ0n) is 15.5. The van der Waals surface area contributed by atoms with E-state index in [0.717, 1.165) is 12.5 Å². The lowest BCUT2D eigenvalue weighted by Crippen LogP contribution is -2.14. The molecule has 28 heavy (non-hydrogen) atoms. The van der Waals surface area contributed by atoms with Crippen molar-refractivity contribution in [2.45, 2.75) is 32.6 Å². The van der Waals surface area contributed by atoms with Gasteiger partial charge in [0.2, 0.25) is 5.91 Å². The fourth-order valence-electron chi connectivity index (χ4n) is 2.48. The first kappa shape index (κ1) is 21.1. The van der Waals surface area contributed by atoms with Crippen molar-refractivity contribution in [3.8, 4) is 5.75 Å². The molecule has 0 radical (unpaired) electrons. The van der Waals surface area contributed by atoms with E-state index in [0.29, 0.717) is 17.9 Å². The van der Waals surface area contributed by atoms with Crippen molar-refractivity contribution >= 4 is 23.3 Å². The van der Waals surface area contributed by atoms with E-state index < -0.39 is 24.1 Å². The van der Waals surface area contributed by atoms with Crippen LogP contribution < -0.4 is 10.1 Å². The molecule has 0 saturated heterocycles. The first-order valence-electron chi connectivity index (χ1n) is 8.95. The van der Waals surface area contributed by atoms with Crippen LogP contribution in [0.5, 0.6) is 5.75 Å². The van der Waals surface area contributed by atoms with Gasteiger partial charge in [-0.05, 0) is 48.4 Å². The van der Waals surface area contributed by atoms with Crippen molar-refractivity contribution in [1.82, 2.24) is 0 Å². The first-order chi connectivity index (χ1) is 13.4. The summed E-state index contributed by atoms with van der Waals surface area (Å²) in [5.74, 6) is -1.77. The summed E-state index contributed by atoms with van der Waals surface area (Å²) in [6, 6.07) is 10.5. The number of carboxylic acid groups (broad SMARTS) is 1. The summed E-state index contributed by atoms with van der Waals surface area (Å²) in [7, 11) is 0. The third kappa shape index (κ3) is 6.50. The van der Waals surface area contributed by atoms with Gasteiger partial charge < -0.3 is 15.2 Å². The second kappa shape index (κ2) is 10.2. The molecule has 2 N–H and O–H groups in total. The van der Waals surface area contributed by atoms with Crippen LogP contribution in [0.2, 0.25) is 0 Å². The molecule has 0 bridgehead atoms. The van der Waals surface area contributed by atoms with E-state index in [2.05, 4.69) is 5.32 Å². The number of halogens is 1. The van der Waals surface area contributed by atoms with Crippen LogP contribution in [0, 0.1) is 5.82 Å². The molecule has 7 heteroatoms. The smallest absolute Gasteiger partial charge is 0.307 e. The number of rotatable bonds is 10. The molecule has 0 aliphatic carbocycles. The maximum atomic E-state index is 13.8. The van der Waals surface area contributed by atoms with E-state index in [1.807, 2.05) is 6.92 Å². The van der Waals surface area contributed by atoms with E-state index in [1.54, 1.807) is 24.3 Å². The summed E-state index contributed by atoms with van der Waals surface area (Å²) in [5, 5.41) is 11.2. The van der Waals surface area contributed by atoms with Gasteiger partial charge in [0, 0.05) is 24.1 Å². The van der Waals surface area contributed by atoms with Gasteiger partial charge in [0.1, 0.15) is 11.6 Å². The number of carbonyl (C=O) groups is 3. The monoisotopic (exact) mass is 387 g/mol. The number of amides is 1. The SMILES string of the molecule is CCCOc1ccc(C(=O)CCC(=O)Nc2ccc(CC(=O)O)c(F)c2)cc1. The highest BCUT2D eigenvalue weighted by Gasteiger charge is 2.12. The van der Waals surface area contributed by atoms with Crippen molar-refractivity contribution < 1.29 is 28.6 Å². The van der Waals surface area contributed by atoms with Gasteiger partial charge in [-0.2, -0.15) is 0 Å². The van der Waals surface area contributed by atoms with Crippen LogP contribution in [0.1, 0.15) is 42.1 Å². The van der Waals surface area contributed by atoms with Gasteiger partial charge in [0.15, 0.2) is 5.78 Å². The van der Waals surface area contributed by atoms with Crippen molar-refractivity contribution in [3.05, 3.63) is 59.4 Å². The van der Waals surface area contributed by atoms with Gasteiger partial charge in [-0.3, -0.25) is 14.4 Å². The standard InChI is InChI=1S/C21H22FNO5/c1-2-11-28-17-7-4-14(5-8-17)19(24)9-10-20(25)23-16-6-3-15(12-21(26)27)18(22)13-16/h3-8,13H,2,9-12H2,1H3,(H,23,25)(H,26,27). The molecule has 6 nitrogen and oxygen atoms in total. The fraction of sp³-hybridized carbons (Fsp3) is 0.286. The van der Waals surface area contributed by atoms with Crippen molar-refractivity contribution in [2.75, 3.05) is 11.9 Å². The van der Waals surface area contributed by atoms with Crippen LogP contribution in [0.4, 0.5) is 10.1 Å². The van der Waals surface area contributed by atoms with E-state index in [-0.39, 0.29) is 29.9 Å². The number of anilines is 1. The molecule has 0 aliphatic rings. The minimum absolute atomic E-state index is 0.0145. The zero-order chi connectivity index (χ0) is 20.5. The Morgan fingerprint density at radius 1 is 1.07 bits per heavy atom. The second-order valence-corrected chi connectivity index (χ2v) is 6.22. The molecule has 2 rings (SSSR count). The summed E-state index contributed by atoms with van der Waals surface area (Å²) in [5.41, 5.74) is 0.731. The largest absolute Gasteiger partial charge is 0.494 e. The Kier molecular flexibility index (Phi) is 7.68. The number of ketones is 1. The van der Waals surface area contributed by atoms with E-state index >= 15 is 0 Å². The van der Waals surface area contributed by atoms with Crippen LogP contribution in [0.15, 0.2) is 42.5 Å². The van der Waals surface area contributed by atoms with Gasteiger partial charge in [-0.25, -0.2) is 4.39 Å². The molecule has 1 amide bonds. The van der Waals surface area contributed by atoms with Crippen LogP contribution in [-0.4, -0.2) is 29.4 Å². The quantitative estimate of drug-likeness (QED) is 0.604. The molecule has 0 fully saturated rings. The maximum Gasteiger partial charge on any atom is 0.307 e. The number of aliphatic carboxylic acids is 1. The molecule has 0 spiro atoms. The molecule has 0 saturated carbocycles. The van der Waals surface area contributed by atoms with Crippen molar-refractivity contribution in [2.24, 2.45) is 0 Å². The fourth-order valence-corrected chi connectivity index (χ4v) is 2.48. The Morgan fingerprint density at radius 3 is 2.39 bits per heavy atom. The Bertz CT molecular complexity index is 848. The van der Waals surface area contributed by atoms with Crippen LogP contribution in [0.3, 0.4) is 0 Å². The molecule has 2 aromatic carbocycles. The second-order valence-electron chi connectivity index (χ2n) is 6.22. The number of Topliss-reactive ketones (excluding diaryl/α,β-unsaturated/α-hetero) is 1. The maximum absolute atomic E-state index is 13.8. The number of hydrogen-bond acceptors (Lipinski definition) is 4. The highest BCUT2D eigenvalue weighted by Crippen LogP contribution is 2.17. The molecule has 0 aliphatic heterocycles. The van der Waals surface area contributed by atoms with Crippen LogP contribution in [-0.2, 0) is 16.0 Å². The Morgan fingerprint density at radius 2 is 1.79 bits per heavy atom. The highest BCUT2D eigenvalue weighted by atomic mass is 19.1. The molecule has 0 atom stereocenters. The molecular weight excluding hydrogens is 365 g/mol. The van der Waals surface area contributed by atoms with Crippen molar-refractivity contribution in [3.63, 3.8) is 0 Å². The lowest BCUT2D eigenvalue weighted by atomic mass is 10.1. The number of benzene rings is 2. The predicted molar refractivity (Wildman–Crippen MR) is 102 cm³/mol. The van der Waals surface area contributed by atoms with E-state index in [1.165, 1.54) is 12.1 Å². The Labute approximate surface area is 162 Å². The molecule has 0 heterocycles. The Hall–Kier alpha value is -3.22. The normalized spacial score (nSPS) is 10.4. The third-order valence-electron chi connectivity index (χ3n) is 3.91. The molecule has 148 valence electrons. The van der Waals surface area contributed by atoms with Gasteiger partial charge in [0.05, 0.1) is 13.0 Å². The number of ether oxygens (including phenoxy) is 1. The molecule has 2 aromatic rings. The third-order valence-corrected chi connectivity index (χ3v) is 3.91. The van der Waals surface area contributed by atoms with Crippen molar-refractivity contribution in [1.29, 1.82) is 0 Å². The molecule has 0 aromatic heterocycles. The van der Waals surface area contributed by atoms with Gasteiger partial charge in [-0.15, -0.1) is 0 Å². The predicted octanol–water partition coefficient (Wildman–Crippen LogP) is 3.84. The summed E-state index contributed by atoms with van der Waals surface area (Å²) in [6.45, 7) is 2.60. The number of nitrogens with one attached hydrogen (secondary N) is 1. The number of hydrogen-bond donors (Lipinski definition) is 2. The summed E-state index contributed by atoms with van der Waals surface area (Å²) < 4.78 is 19.3. The molecule has 0 unspecified atom stereocenters. The Balaban J connectivity index is 1.85. The first-order valence-corrected chi connectivity index (χ1v) is 8.95. The zero-order valence-corrected chi connectivity index (χ0v) is 15.5. The van der Waals surface area contributed by atoms with Gasteiger partial charge >= 0.3 is 5.97 Å². The summed E-state index contributed by atoms with van der Waals surface area (Å²) >= 11 is 0. The minimum Gasteiger partial charge on any atom is -0.494 e. The highest BCUT2D eigenvalue weighted by molar-refractivity contribution is 6.00. The number of carboxylic acids is 1. The minimum atomic E-state index is -1.14. The number of carbonyl (C=O) groups excluding carboxylic acids is 2. The topological polar surface area (TPSA) is 92.7 Å². The lowest BCUT2D eigenvalue weighted by molar-refractivity contribution is -0.136. The summed E-state index contributed by atoms with van der Waals surface area (Å²) in [6.07, 6.45) is 0.421. The van der Waals surface area contributed by atoms with E-state index in [9.17, 15) is 18.8 Å². The van der Waals surface area contributed by atoms with Gasteiger partial charge in [-0.1, -0.05) is 13.0 Å². The average Bonchev–Trinajstić information content (AvgIpc) is 2.66. The van der Waals surface area contributed by atoms with Crippen LogP contribution in [0.25, 0.3) is 0 Å². The summed E-state index contributed by atoms with van der Waals surface area (Å²) in [4.78, 5) is 34.8. The lowest BCUT2D eigenvalue weighted by Gasteiger charge is -2.08. The molecular formula is C21H22FNO5. The van der Waals surface area contributed by atoms with Gasteiger partial charge in [0.25, 0.3) is 0 Å².